The van der Waals surface area contributed by atoms with Gasteiger partial charge in [0.25, 0.3) is 0 Å². The summed E-state index contributed by atoms with van der Waals surface area (Å²) in [7, 11) is 0. The molecule has 0 unspecified atom stereocenters. The van der Waals surface area contributed by atoms with Crippen molar-refractivity contribution in [3.8, 4) is 11.8 Å². The van der Waals surface area contributed by atoms with Crippen LogP contribution in [-0.4, -0.2) is 18.9 Å². The Morgan fingerprint density at radius 1 is 1.43 bits per heavy atom. The Morgan fingerprint density at radius 3 is 2.95 bits per heavy atom. The van der Waals surface area contributed by atoms with E-state index >= 15 is 0 Å². The second-order valence-electron chi connectivity index (χ2n) is 4.13. The number of carbonyl (C=O) groups excluding carboxylic acids is 2. The van der Waals surface area contributed by atoms with E-state index in [1.165, 1.54) is 6.07 Å². The molecular weight excluding hydrogens is 272 g/mol. The van der Waals surface area contributed by atoms with E-state index in [1.54, 1.807) is 19.1 Å². The molecule has 0 spiro atoms. The quantitative estimate of drug-likeness (QED) is 0.489. The first kappa shape index (κ1) is 14.5. The van der Waals surface area contributed by atoms with Crippen molar-refractivity contribution in [3.05, 3.63) is 45.8 Å². The second kappa shape index (κ2) is 6.53. The third-order valence-electron chi connectivity index (χ3n) is 2.70. The Hall–Kier alpha value is -2.87. The predicted molar refractivity (Wildman–Crippen MR) is 76.0 cm³/mol. The van der Waals surface area contributed by atoms with Crippen molar-refractivity contribution in [2.24, 2.45) is 0 Å². The van der Waals surface area contributed by atoms with Gasteiger partial charge >= 0.3 is 5.97 Å². The summed E-state index contributed by atoms with van der Waals surface area (Å²) in [5.74, 6) is 5.05. The lowest BCUT2D eigenvalue weighted by molar-refractivity contribution is -0.141. The lowest BCUT2D eigenvalue weighted by Gasteiger charge is -1.98. The number of ether oxygens (including phenoxy) is 1. The van der Waals surface area contributed by atoms with Crippen LogP contribution in [0.2, 0.25) is 0 Å². The standard InChI is InChI=1S/C16H12O5/c1-2-20-15(18)5-3-4-11-6-7-14-13(8-11)16(19)12(9-17)10-21-14/h6-10H,2,5H2,1H3. The molecule has 0 saturated carbocycles. The fourth-order valence-corrected chi connectivity index (χ4v) is 1.74. The summed E-state index contributed by atoms with van der Waals surface area (Å²) in [5.41, 5.74) is 0.489. The van der Waals surface area contributed by atoms with E-state index in [0.29, 0.717) is 24.0 Å². The maximum atomic E-state index is 12.0. The first-order chi connectivity index (χ1) is 10.2. The van der Waals surface area contributed by atoms with Crippen LogP contribution >= 0.6 is 0 Å². The number of aldehydes is 1. The summed E-state index contributed by atoms with van der Waals surface area (Å²) >= 11 is 0. The molecule has 2 rings (SSSR count). The van der Waals surface area contributed by atoms with Gasteiger partial charge in [-0.05, 0) is 25.1 Å². The molecule has 0 aliphatic carbocycles. The number of esters is 1. The highest BCUT2D eigenvalue weighted by Gasteiger charge is 2.06. The minimum absolute atomic E-state index is 0.0190. The molecule has 21 heavy (non-hydrogen) atoms. The van der Waals surface area contributed by atoms with Gasteiger partial charge in [0.2, 0.25) is 5.43 Å². The molecule has 0 fully saturated rings. The number of hydrogen-bond acceptors (Lipinski definition) is 5. The van der Waals surface area contributed by atoms with Crippen molar-refractivity contribution in [1.29, 1.82) is 0 Å². The maximum absolute atomic E-state index is 12.0. The van der Waals surface area contributed by atoms with E-state index in [9.17, 15) is 14.4 Å². The monoisotopic (exact) mass is 284 g/mol. The zero-order valence-electron chi connectivity index (χ0n) is 11.3. The summed E-state index contributed by atoms with van der Waals surface area (Å²) in [4.78, 5) is 33.8. The summed E-state index contributed by atoms with van der Waals surface area (Å²) in [6.45, 7) is 2.03. The zero-order chi connectivity index (χ0) is 15.2. The third kappa shape index (κ3) is 3.37. The highest BCUT2D eigenvalue weighted by atomic mass is 16.5. The molecule has 106 valence electrons. The maximum Gasteiger partial charge on any atom is 0.317 e. The van der Waals surface area contributed by atoms with Crippen molar-refractivity contribution in [2.45, 2.75) is 13.3 Å². The Bertz CT molecular complexity index is 805. The van der Waals surface area contributed by atoms with Crippen LogP contribution in [0, 0.1) is 11.8 Å². The van der Waals surface area contributed by atoms with Crippen LogP contribution in [0.5, 0.6) is 0 Å². The number of rotatable bonds is 3. The highest BCUT2D eigenvalue weighted by Crippen LogP contribution is 2.12. The van der Waals surface area contributed by atoms with E-state index in [-0.39, 0.29) is 17.4 Å². The average Bonchev–Trinajstić information content (AvgIpc) is 2.48. The number of carbonyl (C=O) groups is 2. The van der Waals surface area contributed by atoms with Crippen LogP contribution in [0.3, 0.4) is 0 Å². The van der Waals surface area contributed by atoms with Gasteiger partial charge in [0.1, 0.15) is 18.3 Å². The minimum Gasteiger partial charge on any atom is -0.465 e. The Kier molecular flexibility index (Phi) is 4.52. The number of benzene rings is 1. The largest absolute Gasteiger partial charge is 0.465 e. The molecule has 1 aromatic carbocycles. The summed E-state index contributed by atoms with van der Waals surface area (Å²) in [6.07, 6.45) is 1.56. The van der Waals surface area contributed by atoms with E-state index in [0.717, 1.165) is 6.26 Å². The smallest absolute Gasteiger partial charge is 0.317 e. The van der Waals surface area contributed by atoms with E-state index < -0.39 is 11.4 Å². The molecule has 1 heterocycles. The molecule has 2 aromatic rings. The van der Waals surface area contributed by atoms with Crippen molar-refractivity contribution >= 4 is 23.2 Å². The molecule has 0 amide bonds. The summed E-state index contributed by atoms with van der Waals surface area (Å²) in [5, 5.41) is 0.280. The van der Waals surface area contributed by atoms with Crippen molar-refractivity contribution in [2.75, 3.05) is 6.61 Å². The molecule has 0 aliphatic heterocycles. The molecule has 0 saturated heterocycles. The van der Waals surface area contributed by atoms with Crippen LogP contribution < -0.4 is 5.43 Å². The van der Waals surface area contributed by atoms with Crippen LogP contribution in [0.15, 0.2) is 33.7 Å². The van der Waals surface area contributed by atoms with Gasteiger partial charge in [0, 0.05) is 5.56 Å². The molecule has 0 aliphatic rings. The molecule has 1 aromatic heterocycles. The van der Waals surface area contributed by atoms with Crippen LogP contribution in [-0.2, 0) is 9.53 Å². The SMILES string of the molecule is CCOC(=O)CC#Cc1ccc2occ(C=O)c(=O)c2c1. The Balaban J connectivity index is 2.33. The summed E-state index contributed by atoms with van der Waals surface area (Å²) in [6, 6.07) is 4.80. The van der Waals surface area contributed by atoms with E-state index in [1.807, 2.05) is 0 Å². The van der Waals surface area contributed by atoms with E-state index in [4.69, 9.17) is 9.15 Å². The zero-order valence-corrected chi connectivity index (χ0v) is 11.3. The highest BCUT2D eigenvalue weighted by molar-refractivity contribution is 5.85. The first-order valence-electron chi connectivity index (χ1n) is 6.31. The van der Waals surface area contributed by atoms with Gasteiger partial charge in [-0.15, -0.1) is 0 Å². The second-order valence-corrected chi connectivity index (χ2v) is 4.13. The van der Waals surface area contributed by atoms with Gasteiger partial charge in [-0.1, -0.05) is 11.8 Å². The molecular formula is C16H12O5. The molecule has 0 radical (unpaired) electrons. The van der Waals surface area contributed by atoms with Crippen LogP contribution in [0.1, 0.15) is 29.3 Å². The van der Waals surface area contributed by atoms with E-state index in [2.05, 4.69) is 11.8 Å². The fourth-order valence-electron chi connectivity index (χ4n) is 1.74. The first-order valence-corrected chi connectivity index (χ1v) is 6.31. The van der Waals surface area contributed by atoms with Gasteiger partial charge in [0.05, 0.1) is 17.6 Å². The lowest BCUT2D eigenvalue weighted by Crippen LogP contribution is -2.07. The lowest BCUT2D eigenvalue weighted by atomic mass is 10.1. The molecule has 0 N–H and O–H groups in total. The minimum atomic E-state index is -0.403. The molecule has 0 atom stereocenters. The third-order valence-corrected chi connectivity index (χ3v) is 2.70. The van der Waals surface area contributed by atoms with Crippen molar-refractivity contribution in [3.63, 3.8) is 0 Å². The Morgan fingerprint density at radius 2 is 2.24 bits per heavy atom. The molecule has 5 heteroatoms. The van der Waals surface area contributed by atoms with Gasteiger partial charge in [-0.3, -0.25) is 14.4 Å². The fraction of sp³-hybridized carbons (Fsp3) is 0.188. The molecule has 0 bridgehead atoms. The number of fused-ring (bicyclic) bond motifs is 1. The normalized spacial score (nSPS) is 9.76. The van der Waals surface area contributed by atoms with Gasteiger partial charge < -0.3 is 9.15 Å². The average molecular weight is 284 g/mol. The van der Waals surface area contributed by atoms with Crippen molar-refractivity contribution in [1.82, 2.24) is 0 Å². The van der Waals surface area contributed by atoms with Crippen LogP contribution in [0.25, 0.3) is 11.0 Å². The van der Waals surface area contributed by atoms with Gasteiger partial charge in [0.15, 0.2) is 6.29 Å². The molecule has 5 nitrogen and oxygen atoms in total. The summed E-state index contributed by atoms with van der Waals surface area (Å²) < 4.78 is 9.94. The van der Waals surface area contributed by atoms with Crippen molar-refractivity contribution < 1.29 is 18.7 Å². The number of hydrogen-bond donors (Lipinski definition) is 0. The topological polar surface area (TPSA) is 73.6 Å². The predicted octanol–water partition coefficient (Wildman–Crippen LogP) is 1.91. The van der Waals surface area contributed by atoms with Gasteiger partial charge in [-0.2, -0.15) is 0 Å². The Labute approximate surface area is 120 Å². The van der Waals surface area contributed by atoms with Crippen LogP contribution in [0.4, 0.5) is 0 Å². The van der Waals surface area contributed by atoms with Gasteiger partial charge in [-0.25, -0.2) is 0 Å².